The van der Waals surface area contributed by atoms with Crippen LogP contribution in [0.25, 0.3) is 0 Å². The molecular formula is C4H6. The highest BCUT2D eigenvalue weighted by molar-refractivity contribution is 4.88. The molecule has 0 unspecified atom stereocenters. The minimum Gasteiger partial charge on any atom is -0.0991 e. The van der Waals surface area contributed by atoms with Crippen molar-refractivity contribution in [3.63, 3.8) is 0 Å². The molecule has 0 spiro atoms. The average Bonchev–Trinajstić information content (AvgIpc) is 1.41. The van der Waals surface area contributed by atoms with Crippen LogP contribution in [0.4, 0.5) is 0 Å². The minimum atomic E-state index is 1.19. The summed E-state index contributed by atoms with van der Waals surface area (Å²) in [5, 5.41) is 0. The Hall–Kier alpha value is -0.520. The van der Waals surface area contributed by atoms with E-state index in [2.05, 4.69) is 6.58 Å². The number of allylic oxidation sites excluding steroid dienone is 2. The standard InChI is InChI=1S/C4H6/c1-3-4-2/h3-4H,1-2H2/i1D/b3-1+. The third-order valence-electron chi connectivity index (χ3n) is 0.136. The van der Waals surface area contributed by atoms with E-state index in [0.29, 0.717) is 0 Å². The quantitative estimate of drug-likeness (QED) is 0.397. The second-order valence-corrected chi connectivity index (χ2v) is 0.428. The summed E-state index contributed by atoms with van der Waals surface area (Å²) in [5.74, 6) is 0. The molecule has 0 aliphatic rings. The van der Waals surface area contributed by atoms with Gasteiger partial charge in [0.15, 0.2) is 0 Å². The van der Waals surface area contributed by atoms with Crippen LogP contribution in [0.3, 0.4) is 0 Å². The first-order valence-electron chi connectivity index (χ1n) is 1.65. The third kappa shape index (κ3) is 1.48. The van der Waals surface area contributed by atoms with Gasteiger partial charge in [0.25, 0.3) is 0 Å². The van der Waals surface area contributed by atoms with Gasteiger partial charge in [-0.1, -0.05) is 25.3 Å². The first kappa shape index (κ1) is 1.77. The molecule has 0 amide bonds. The zero-order chi connectivity index (χ0) is 4.12. The van der Waals surface area contributed by atoms with E-state index in [-0.39, 0.29) is 0 Å². The molecule has 0 heterocycles. The van der Waals surface area contributed by atoms with Crippen LogP contribution in [0.2, 0.25) is 0 Å². The van der Waals surface area contributed by atoms with Gasteiger partial charge < -0.3 is 0 Å². The van der Waals surface area contributed by atoms with E-state index in [1.165, 1.54) is 6.55 Å². The van der Waals surface area contributed by atoms with Crippen LogP contribution < -0.4 is 0 Å². The molecule has 0 N–H and O–H groups in total. The van der Waals surface area contributed by atoms with Crippen molar-refractivity contribution in [2.45, 2.75) is 0 Å². The zero-order valence-corrected chi connectivity index (χ0v) is 2.44. The van der Waals surface area contributed by atoms with Crippen LogP contribution in [0.1, 0.15) is 1.37 Å². The average molecular weight is 55.1 g/mol. The number of rotatable bonds is 1. The maximum absolute atomic E-state index is 6.35. The molecule has 0 aliphatic heterocycles. The van der Waals surface area contributed by atoms with Crippen molar-refractivity contribution in [3.05, 3.63) is 25.3 Å². The Balaban J connectivity index is 2.92. The Morgan fingerprint density at radius 1 is 1.75 bits per heavy atom. The van der Waals surface area contributed by atoms with E-state index in [1.54, 1.807) is 12.2 Å². The predicted octanol–water partition coefficient (Wildman–Crippen LogP) is 1.36. The lowest BCUT2D eigenvalue weighted by molar-refractivity contribution is 2.15. The van der Waals surface area contributed by atoms with Crippen LogP contribution in [-0.4, -0.2) is 0 Å². The normalized spacial score (nSPS) is 11.5. The topological polar surface area (TPSA) is 0 Å². The molecule has 0 aliphatic carbocycles. The SMILES string of the molecule is [2H]/C=C/C=C. The molecule has 0 aromatic rings. The van der Waals surface area contributed by atoms with Gasteiger partial charge in [0, 0.05) is 0 Å². The fourth-order valence-electron chi connectivity index (χ4n) is 0. The number of hydrogen-bond donors (Lipinski definition) is 0. The summed E-state index contributed by atoms with van der Waals surface area (Å²) in [4.78, 5) is 0. The Labute approximate surface area is 27.9 Å². The summed E-state index contributed by atoms with van der Waals surface area (Å²) in [6.45, 7) is 4.53. The van der Waals surface area contributed by atoms with Crippen LogP contribution >= 0.6 is 0 Å². The summed E-state index contributed by atoms with van der Waals surface area (Å²) < 4.78 is 6.35. The minimum absolute atomic E-state index is 1.19. The summed E-state index contributed by atoms with van der Waals surface area (Å²) in [5.41, 5.74) is 0. The smallest absolute Gasteiger partial charge is 0.0538 e. The van der Waals surface area contributed by atoms with Gasteiger partial charge in [0.1, 0.15) is 0 Å². The van der Waals surface area contributed by atoms with Crippen molar-refractivity contribution >= 4 is 0 Å². The molecule has 0 atom stereocenters. The molecule has 4 heavy (non-hydrogen) atoms. The number of hydrogen-bond acceptors (Lipinski definition) is 0. The van der Waals surface area contributed by atoms with E-state index in [4.69, 9.17) is 1.37 Å². The highest BCUT2D eigenvalue weighted by Crippen LogP contribution is 1.52. The molecule has 0 heteroatoms. The molecule has 0 bridgehead atoms. The summed E-state index contributed by atoms with van der Waals surface area (Å²) in [6, 6.07) is 0. The Morgan fingerprint density at radius 2 is 2.50 bits per heavy atom. The molecule has 22 valence electrons. The molecule has 0 rings (SSSR count). The van der Waals surface area contributed by atoms with E-state index in [9.17, 15) is 0 Å². The maximum atomic E-state index is 6.35. The molecule has 0 aromatic heterocycles. The summed E-state index contributed by atoms with van der Waals surface area (Å²) in [7, 11) is 0. The zero-order valence-electron chi connectivity index (χ0n) is 3.44. The van der Waals surface area contributed by atoms with Crippen LogP contribution in [0.15, 0.2) is 25.3 Å². The van der Waals surface area contributed by atoms with Gasteiger partial charge in [-0.3, -0.25) is 0 Å². The van der Waals surface area contributed by atoms with Gasteiger partial charge in [-0.05, 0) is 0 Å². The summed E-state index contributed by atoms with van der Waals surface area (Å²) in [6.07, 6.45) is 3.12. The fourth-order valence-corrected chi connectivity index (χ4v) is 0. The van der Waals surface area contributed by atoms with Crippen LogP contribution in [-0.2, 0) is 0 Å². The van der Waals surface area contributed by atoms with Crippen molar-refractivity contribution in [1.82, 2.24) is 0 Å². The van der Waals surface area contributed by atoms with Crippen molar-refractivity contribution < 1.29 is 1.37 Å². The lowest BCUT2D eigenvalue weighted by Gasteiger charge is -1.44. The van der Waals surface area contributed by atoms with Crippen molar-refractivity contribution in [2.24, 2.45) is 0 Å². The Morgan fingerprint density at radius 3 is 2.50 bits per heavy atom. The molecule has 0 fully saturated rings. The molecule has 0 saturated heterocycles. The lowest BCUT2D eigenvalue weighted by atomic mass is 10.6. The lowest BCUT2D eigenvalue weighted by Crippen LogP contribution is -1.21. The monoisotopic (exact) mass is 55.1 g/mol. The van der Waals surface area contributed by atoms with Crippen molar-refractivity contribution in [1.29, 1.82) is 0 Å². The first-order chi connectivity index (χ1) is 2.41. The molecule has 0 aromatic carbocycles. The van der Waals surface area contributed by atoms with Gasteiger partial charge >= 0.3 is 0 Å². The molecule has 0 saturated carbocycles. The van der Waals surface area contributed by atoms with Gasteiger partial charge in [0.05, 0.1) is 1.37 Å². The van der Waals surface area contributed by atoms with Gasteiger partial charge in [-0.15, -0.1) is 0 Å². The molecule has 0 nitrogen and oxygen atoms in total. The van der Waals surface area contributed by atoms with Crippen LogP contribution in [0.5, 0.6) is 0 Å². The van der Waals surface area contributed by atoms with E-state index < -0.39 is 0 Å². The predicted molar refractivity (Wildman–Crippen MR) is 20.4 cm³/mol. The van der Waals surface area contributed by atoms with Gasteiger partial charge in [-0.2, -0.15) is 0 Å². The van der Waals surface area contributed by atoms with Gasteiger partial charge in [-0.25, -0.2) is 0 Å². The summed E-state index contributed by atoms with van der Waals surface area (Å²) >= 11 is 0. The highest BCUT2D eigenvalue weighted by Gasteiger charge is 1.29. The third-order valence-corrected chi connectivity index (χ3v) is 0.136. The highest BCUT2D eigenvalue weighted by atomic mass is 13.4. The fraction of sp³-hybridized carbons (Fsp3) is 0. The van der Waals surface area contributed by atoms with E-state index in [0.717, 1.165) is 0 Å². The van der Waals surface area contributed by atoms with E-state index >= 15 is 0 Å². The van der Waals surface area contributed by atoms with E-state index in [1.807, 2.05) is 0 Å². The van der Waals surface area contributed by atoms with Crippen LogP contribution in [0, 0.1) is 0 Å². The second-order valence-electron chi connectivity index (χ2n) is 0.428. The second kappa shape index (κ2) is 2.48. The Bertz CT molecular complexity index is 45.6. The largest absolute Gasteiger partial charge is 0.0991 e. The maximum Gasteiger partial charge on any atom is 0.0538 e. The molecule has 0 radical (unpaired) electrons. The Kier molecular flexibility index (Phi) is 1.10. The van der Waals surface area contributed by atoms with Crippen molar-refractivity contribution in [2.75, 3.05) is 0 Å². The molecular weight excluding hydrogens is 48.0 g/mol. The van der Waals surface area contributed by atoms with Crippen molar-refractivity contribution in [3.8, 4) is 0 Å². The first-order valence-corrected chi connectivity index (χ1v) is 1.07. The van der Waals surface area contributed by atoms with Gasteiger partial charge in [0.2, 0.25) is 0 Å².